The molecule has 3 unspecified atom stereocenters. The number of nitriles is 1. The topological polar surface area (TPSA) is 140 Å². The first-order chi connectivity index (χ1) is 23.2. The minimum atomic E-state index is -1.64. The molecular formula is C35H62N5O7P. The summed E-state index contributed by atoms with van der Waals surface area (Å²) >= 11 is 0. The van der Waals surface area contributed by atoms with Crippen molar-refractivity contribution in [2.75, 3.05) is 20.3 Å². The molecule has 5 atom stereocenters. The van der Waals surface area contributed by atoms with Crippen LogP contribution in [0.3, 0.4) is 0 Å². The van der Waals surface area contributed by atoms with Gasteiger partial charge in [-0.15, -0.1) is 0 Å². The van der Waals surface area contributed by atoms with E-state index in [1.54, 1.807) is 6.21 Å². The number of methoxy groups -OCH3 is 1. The monoisotopic (exact) mass is 695 g/mol. The van der Waals surface area contributed by atoms with Crippen molar-refractivity contribution in [1.82, 2.24) is 14.2 Å². The minimum Gasteiger partial charge on any atom is -0.393 e. The first-order valence-electron chi connectivity index (χ1n) is 18.1. The molecule has 1 aromatic rings. The van der Waals surface area contributed by atoms with Gasteiger partial charge in [-0.05, 0) is 40.5 Å². The van der Waals surface area contributed by atoms with Gasteiger partial charge < -0.3 is 23.4 Å². The number of nitrogens with one attached hydrogen (secondary N) is 1. The molecule has 2 rings (SSSR count). The van der Waals surface area contributed by atoms with Crippen LogP contribution in [0.5, 0.6) is 0 Å². The fourth-order valence-electron chi connectivity index (χ4n) is 5.95. The number of aromatic nitrogens is 2. The number of H-pyrrole nitrogens is 1. The van der Waals surface area contributed by atoms with Crippen molar-refractivity contribution in [3.8, 4) is 6.07 Å². The number of rotatable bonds is 27. The number of nitrogens with zero attached hydrogens (tertiary/aromatic N) is 4. The third-order valence-electron chi connectivity index (χ3n) is 8.38. The predicted octanol–water partition coefficient (Wildman–Crippen LogP) is 7.59. The van der Waals surface area contributed by atoms with Crippen LogP contribution < -0.4 is 11.2 Å². The summed E-state index contributed by atoms with van der Waals surface area (Å²) in [6.45, 7) is 10.7. The van der Waals surface area contributed by atoms with Crippen molar-refractivity contribution in [2.24, 2.45) is 5.16 Å². The zero-order chi connectivity index (χ0) is 35.1. The van der Waals surface area contributed by atoms with E-state index >= 15 is 0 Å². The highest BCUT2D eigenvalue weighted by Crippen LogP contribution is 2.50. The first kappa shape index (κ1) is 42.0. The highest BCUT2D eigenvalue weighted by Gasteiger charge is 2.50. The van der Waals surface area contributed by atoms with Crippen molar-refractivity contribution in [1.29, 1.82) is 5.26 Å². The maximum Gasteiger partial charge on any atom is 0.330 e. The van der Waals surface area contributed by atoms with Crippen LogP contribution in [-0.4, -0.2) is 71.2 Å². The van der Waals surface area contributed by atoms with Gasteiger partial charge in [-0.1, -0.05) is 89.1 Å². The Labute approximate surface area is 289 Å². The Hall–Kier alpha value is -2.13. The molecule has 0 saturated carbocycles. The predicted molar refractivity (Wildman–Crippen MR) is 191 cm³/mol. The lowest BCUT2D eigenvalue weighted by Crippen LogP contribution is -2.41. The Bertz CT molecular complexity index is 1160. The Kier molecular flexibility index (Phi) is 21.8. The number of oxime groups is 1. The van der Waals surface area contributed by atoms with Gasteiger partial charge in [-0.25, -0.2) is 9.46 Å². The standard InChI is InChI=1S/C35H62N5O7P/c1-7-8-9-10-11-12-13-14-15-16-17-18-19-20-24-37-44-27-30-32(47-48(45-26-21-23-36)40(28(2)3)29(4)5)33(43-6)34(46-30)39-25-22-31(41)38-35(39)42/h22,24-25,28-30,32-34H,7-21,26-27H2,1-6H3,(H,38,41,42)/t30-,32?,33?,34-,48?/m1/s1. The van der Waals surface area contributed by atoms with E-state index < -0.39 is 44.3 Å². The second-order valence-corrected chi connectivity index (χ2v) is 14.4. The molecule has 1 aliphatic rings. The zero-order valence-corrected chi connectivity index (χ0v) is 31.2. The smallest absolute Gasteiger partial charge is 0.330 e. The third kappa shape index (κ3) is 15.2. The maximum absolute atomic E-state index is 12.7. The molecule has 48 heavy (non-hydrogen) atoms. The van der Waals surface area contributed by atoms with E-state index in [-0.39, 0.29) is 31.7 Å². The number of hydrogen-bond donors (Lipinski definition) is 1. The van der Waals surface area contributed by atoms with Crippen molar-refractivity contribution < 1.29 is 23.4 Å². The van der Waals surface area contributed by atoms with Gasteiger partial charge in [-0.2, -0.15) is 5.26 Å². The van der Waals surface area contributed by atoms with Crippen LogP contribution in [0.15, 0.2) is 27.0 Å². The van der Waals surface area contributed by atoms with Crippen molar-refractivity contribution in [3.05, 3.63) is 33.1 Å². The van der Waals surface area contributed by atoms with Gasteiger partial charge in [0.2, 0.25) is 0 Å². The highest BCUT2D eigenvalue weighted by atomic mass is 31.2. The molecule has 1 fully saturated rings. The Morgan fingerprint density at radius 2 is 1.60 bits per heavy atom. The quantitative estimate of drug-likeness (QED) is 0.0427. The third-order valence-corrected chi connectivity index (χ3v) is 10.5. The molecule has 0 spiro atoms. The van der Waals surface area contributed by atoms with Crippen LogP contribution in [-0.2, 0) is 23.4 Å². The van der Waals surface area contributed by atoms with E-state index in [2.05, 4.69) is 55.5 Å². The van der Waals surface area contributed by atoms with Gasteiger partial charge in [0.25, 0.3) is 14.1 Å². The van der Waals surface area contributed by atoms with Gasteiger partial charge >= 0.3 is 5.69 Å². The minimum absolute atomic E-state index is 0.0545. The molecule has 1 aliphatic heterocycles. The molecule has 1 aromatic heterocycles. The van der Waals surface area contributed by atoms with Gasteiger partial charge in [0.1, 0.15) is 24.9 Å². The Balaban J connectivity index is 1.95. The van der Waals surface area contributed by atoms with Crippen LogP contribution in [0.1, 0.15) is 137 Å². The molecule has 274 valence electrons. The van der Waals surface area contributed by atoms with E-state index in [9.17, 15) is 9.59 Å². The van der Waals surface area contributed by atoms with Crippen LogP contribution >= 0.6 is 8.53 Å². The van der Waals surface area contributed by atoms with Crippen molar-refractivity contribution in [2.45, 2.75) is 168 Å². The number of aromatic amines is 1. The van der Waals surface area contributed by atoms with Crippen LogP contribution in [0, 0.1) is 11.3 Å². The first-order valence-corrected chi connectivity index (χ1v) is 19.3. The lowest BCUT2D eigenvalue weighted by molar-refractivity contribution is -0.0715. The summed E-state index contributed by atoms with van der Waals surface area (Å²) in [6.07, 6.45) is 18.2. The summed E-state index contributed by atoms with van der Waals surface area (Å²) in [5, 5.41) is 13.3. The summed E-state index contributed by atoms with van der Waals surface area (Å²) in [5.41, 5.74) is -1.13. The molecule has 0 bridgehead atoms. The van der Waals surface area contributed by atoms with Crippen LogP contribution in [0.2, 0.25) is 0 Å². The molecule has 0 aromatic carbocycles. The van der Waals surface area contributed by atoms with Crippen molar-refractivity contribution >= 4 is 14.7 Å². The number of unbranched alkanes of at least 4 members (excludes halogenated alkanes) is 13. The summed E-state index contributed by atoms with van der Waals surface area (Å²) in [6, 6.07) is 3.55. The van der Waals surface area contributed by atoms with Gasteiger partial charge in [0, 0.05) is 37.7 Å². The fourth-order valence-corrected chi connectivity index (χ4v) is 7.71. The second kappa shape index (κ2) is 24.9. The van der Waals surface area contributed by atoms with E-state index in [0.29, 0.717) is 0 Å². The number of ether oxygens (including phenoxy) is 2. The fraction of sp³-hybridized carbons (Fsp3) is 0.829. The molecule has 1 saturated heterocycles. The average Bonchev–Trinajstić information content (AvgIpc) is 3.38. The second-order valence-electron chi connectivity index (χ2n) is 13.0. The molecular weight excluding hydrogens is 633 g/mol. The summed E-state index contributed by atoms with van der Waals surface area (Å²) in [4.78, 5) is 32.5. The number of hydrogen-bond acceptors (Lipinski definition) is 10. The zero-order valence-electron chi connectivity index (χ0n) is 30.3. The normalized spacial score (nSPS) is 20.3. The van der Waals surface area contributed by atoms with Gasteiger partial charge in [0.15, 0.2) is 6.23 Å². The van der Waals surface area contributed by atoms with E-state index in [1.165, 1.54) is 101 Å². The van der Waals surface area contributed by atoms with E-state index in [0.717, 1.165) is 12.8 Å². The van der Waals surface area contributed by atoms with E-state index in [1.807, 2.05) is 0 Å². The SMILES string of the molecule is CCCCCCCCCCCCCCCC=NOC[C@H]1O[C@@H](n2ccc(=O)[nH]c2=O)C(OC)C1OP(OCCC#N)N(C(C)C)C(C)C. The molecule has 0 amide bonds. The molecule has 0 radical (unpaired) electrons. The van der Waals surface area contributed by atoms with Crippen LogP contribution in [0.4, 0.5) is 0 Å². The summed E-state index contributed by atoms with van der Waals surface area (Å²) < 4.78 is 28.4. The highest BCUT2D eigenvalue weighted by molar-refractivity contribution is 7.44. The average molecular weight is 696 g/mol. The Morgan fingerprint density at radius 3 is 2.15 bits per heavy atom. The van der Waals surface area contributed by atoms with E-state index in [4.69, 9.17) is 28.6 Å². The van der Waals surface area contributed by atoms with Crippen molar-refractivity contribution in [3.63, 3.8) is 0 Å². The molecule has 2 heterocycles. The lowest BCUT2D eigenvalue weighted by Gasteiger charge is -2.38. The maximum atomic E-state index is 12.7. The lowest BCUT2D eigenvalue weighted by atomic mass is 10.0. The summed E-state index contributed by atoms with van der Waals surface area (Å²) in [5.74, 6) is 0. The summed E-state index contributed by atoms with van der Waals surface area (Å²) in [7, 11) is -0.122. The largest absolute Gasteiger partial charge is 0.393 e. The van der Waals surface area contributed by atoms with Crippen LogP contribution in [0.25, 0.3) is 0 Å². The molecule has 13 heteroatoms. The molecule has 0 aliphatic carbocycles. The Morgan fingerprint density at radius 1 is 1.00 bits per heavy atom. The van der Waals surface area contributed by atoms with Gasteiger partial charge in [-0.3, -0.25) is 14.3 Å². The van der Waals surface area contributed by atoms with Gasteiger partial charge in [0.05, 0.1) is 19.1 Å². The molecule has 12 nitrogen and oxygen atoms in total. The molecule has 1 N–H and O–H groups in total.